The molecule has 1 fully saturated rings. The lowest BCUT2D eigenvalue weighted by Gasteiger charge is -2.14. The van der Waals surface area contributed by atoms with Gasteiger partial charge in [0.25, 0.3) is 11.1 Å². The molecule has 0 radical (unpaired) electrons. The fourth-order valence-corrected chi connectivity index (χ4v) is 5.05. The van der Waals surface area contributed by atoms with Crippen molar-refractivity contribution in [3.8, 4) is 5.75 Å². The maximum absolute atomic E-state index is 12.9. The largest absolute Gasteiger partial charge is 0.423 e. The third kappa shape index (κ3) is 5.43. The standard InChI is InChI=1S/C24H14Cl2INO4S/c25-18-8-4-9-19(26)17(18)13-28-22(29)21(33-24(28)31)12-14-5-3-6-15(11-14)32-23(30)16-7-1-2-10-20(16)27/h1-12H,13H2/b21-12-. The molecule has 0 aromatic heterocycles. The quantitative estimate of drug-likeness (QED) is 0.134. The summed E-state index contributed by atoms with van der Waals surface area (Å²) in [6.07, 6.45) is 1.59. The molecule has 0 bridgehead atoms. The van der Waals surface area contributed by atoms with E-state index in [1.807, 2.05) is 12.1 Å². The number of ether oxygens (including phenoxy) is 1. The summed E-state index contributed by atoms with van der Waals surface area (Å²) in [7, 11) is 0. The fourth-order valence-electron chi connectivity index (χ4n) is 3.09. The minimum atomic E-state index is -0.478. The van der Waals surface area contributed by atoms with Crippen molar-refractivity contribution in [3.63, 3.8) is 0 Å². The molecule has 1 aliphatic rings. The Labute approximate surface area is 217 Å². The van der Waals surface area contributed by atoms with Crippen LogP contribution in [0.1, 0.15) is 21.5 Å². The molecule has 33 heavy (non-hydrogen) atoms. The number of hydrogen-bond acceptors (Lipinski definition) is 5. The number of carbonyl (C=O) groups is 3. The highest BCUT2D eigenvalue weighted by Gasteiger charge is 2.35. The van der Waals surface area contributed by atoms with Crippen LogP contribution in [0.3, 0.4) is 0 Å². The van der Waals surface area contributed by atoms with Crippen LogP contribution in [0.15, 0.2) is 71.6 Å². The van der Waals surface area contributed by atoms with Gasteiger partial charge in [-0.3, -0.25) is 14.5 Å². The Morgan fingerprint density at radius 3 is 2.42 bits per heavy atom. The van der Waals surface area contributed by atoms with Gasteiger partial charge in [-0.05, 0) is 82.4 Å². The molecule has 1 saturated heterocycles. The highest BCUT2D eigenvalue weighted by Crippen LogP contribution is 2.36. The van der Waals surface area contributed by atoms with Gasteiger partial charge in [-0.25, -0.2) is 4.79 Å². The summed E-state index contributed by atoms with van der Waals surface area (Å²) in [5, 5.41) is 0.352. The molecule has 166 valence electrons. The minimum Gasteiger partial charge on any atom is -0.423 e. The van der Waals surface area contributed by atoms with Crippen molar-refractivity contribution in [1.29, 1.82) is 0 Å². The molecule has 4 rings (SSSR count). The zero-order valence-corrected chi connectivity index (χ0v) is 21.2. The first kappa shape index (κ1) is 23.8. The molecule has 3 aromatic rings. The number of hydrogen-bond donors (Lipinski definition) is 0. The Kier molecular flexibility index (Phi) is 7.43. The number of benzene rings is 3. The number of carbonyl (C=O) groups excluding carboxylic acids is 3. The summed E-state index contributed by atoms with van der Waals surface area (Å²) in [6.45, 7) is -0.0200. The lowest BCUT2D eigenvalue weighted by atomic mass is 10.2. The average molecular weight is 610 g/mol. The molecular formula is C24H14Cl2INO4S. The van der Waals surface area contributed by atoms with Crippen molar-refractivity contribution in [2.24, 2.45) is 0 Å². The fraction of sp³-hybridized carbons (Fsp3) is 0.0417. The first-order valence-electron chi connectivity index (χ1n) is 9.58. The van der Waals surface area contributed by atoms with Gasteiger partial charge in [0.1, 0.15) is 5.75 Å². The topological polar surface area (TPSA) is 63.7 Å². The number of rotatable bonds is 5. The van der Waals surface area contributed by atoms with Crippen molar-refractivity contribution in [1.82, 2.24) is 4.90 Å². The Morgan fingerprint density at radius 2 is 1.70 bits per heavy atom. The lowest BCUT2D eigenvalue weighted by molar-refractivity contribution is -0.123. The summed E-state index contributed by atoms with van der Waals surface area (Å²) < 4.78 is 6.27. The molecule has 0 saturated carbocycles. The molecule has 0 atom stereocenters. The normalized spacial score (nSPS) is 14.8. The summed E-state index contributed by atoms with van der Waals surface area (Å²) in [4.78, 5) is 39.2. The number of imide groups is 1. The van der Waals surface area contributed by atoms with E-state index in [-0.39, 0.29) is 11.4 Å². The third-order valence-electron chi connectivity index (χ3n) is 4.71. The number of halogens is 3. The van der Waals surface area contributed by atoms with Crippen molar-refractivity contribution in [3.05, 3.63) is 102 Å². The molecule has 9 heteroatoms. The molecule has 3 aromatic carbocycles. The van der Waals surface area contributed by atoms with E-state index in [2.05, 4.69) is 22.6 Å². The van der Waals surface area contributed by atoms with Gasteiger partial charge in [-0.15, -0.1) is 0 Å². The van der Waals surface area contributed by atoms with Crippen LogP contribution in [0.25, 0.3) is 6.08 Å². The summed E-state index contributed by atoms with van der Waals surface area (Å²) in [5.41, 5.74) is 1.58. The maximum Gasteiger partial charge on any atom is 0.344 e. The monoisotopic (exact) mass is 609 g/mol. The Balaban J connectivity index is 1.52. The molecule has 1 aliphatic heterocycles. The molecule has 1 heterocycles. The predicted molar refractivity (Wildman–Crippen MR) is 139 cm³/mol. The van der Waals surface area contributed by atoms with Gasteiger partial charge < -0.3 is 4.74 Å². The average Bonchev–Trinajstić information content (AvgIpc) is 3.04. The van der Waals surface area contributed by atoms with E-state index in [0.717, 1.165) is 20.2 Å². The van der Waals surface area contributed by atoms with E-state index < -0.39 is 17.1 Å². The predicted octanol–water partition coefficient (Wildman–Crippen LogP) is 7.05. The van der Waals surface area contributed by atoms with Crippen molar-refractivity contribution >= 4 is 80.7 Å². The third-order valence-corrected chi connectivity index (χ3v) is 7.27. The van der Waals surface area contributed by atoms with Crippen LogP contribution in [-0.2, 0) is 11.3 Å². The molecule has 2 amide bonds. The van der Waals surface area contributed by atoms with Gasteiger partial charge in [0.15, 0.2) is 0 Å². The van der Waals surface area contributed by atoms with Crippen LogP contribution in [-0.4, -0.2) is 22.0 Å². The molecule has 0 unspecified atom stereocenters. The molecule has 0 spiro atoms. The smallest absolute Gasteiger partial charge is 0.344 e. The number of esters is 1. The maximum atomic E-state index is 12.9. The number of nitrogens with zero attached hydrogens (tertiary/aromatic N) is 1. The van der Waals surface area contributed by atoms with Gasteiger partial charge in [0, 0.05) is 19.2 Å². The second-order valence-electron chi connectivity index (χ2n) is 6.91. The van der Waals surface area contributed by atoms with Crippen LogP contribution in [0, 0.1) is 3.57 Å². The minimum absolute atomic E-state index is 0.0200. The first-order chi connectivity index (χ1) is 15.8. The van der Waals surface area contributed by atoms with Crippen molar-refractivity contribution < 1.29 is 19.1 Å². The van der Waals surface area contributed by atoms with Gasteiger partial charge in [-0.1, -0.05) is 53.5 Å². The van der Waals surface area contributed by atoms with E-state index in [1.54, 1.807) is 60.7 Å². The number of amides is 2. The zero-order valence-electron chi connectivity index (χ0n) is 16.8. The summed E-state index contributed by atoms with van der Waals surface area (Å²) >= 11 is 15.3. The molecular weight excluding hydrogens is 596 g/mol. The van der Waals surface area contributed by atoms with E-state index in [1.165, 1.54) is 0 Å². The summed E-state index contributed by atoms with van der Waals surface area (Å²) in [5.74, 6) is -0.591. The van der Waals surface area contributed by atoms with Crippen LogP contribution >= 0.6 is 57.6 Å². The van der Waals surface area contributed by atoms with E-state index >= 15 is 0 Å². The van der Waals surface area contributed by atoms with Crippen LogP contribution in [0.5, 0.6) is 5.75 Å². The van der Waals surface area contributed by atoms with Crippen LogP contribution in [0.2, 0.25) is 10.0 Å². The lowest BCUT2D eigenvalue weighted by Crippen LogP contribution is -2.27. The Morgan fingerprint density at radius 1 is 1.00 bits per heavy atom. The number of thioether (sulfide) groups is 1. The second-order valence-corrected chi connectivity index (χ2v) is 9.88. The van der Waals surface area contributed by atoms with E-state index in [0.29, 0.717) is 32.5 Å². The highest BCUT2D eigenvalue weighted by atomic mass is 127. The van der Waals surface area contributed by atoms with Gasteiger partial charge in [0.2, 0.25) is 0 Å². The SMILES string of the molecule is O=C(Oc1cccc(/C=C2\SC(=O)N(Cc3c(Cl)cccc3Cl)C2=O)c1)c1ccccc1I. The summed E-state index contributed by atoms with van der Waals surface area (Å²) in [6, 6.07) is 18.9. The molecule has 5 nitrogen and oxygen atoms in total. The van der Waals surface area contributed by atoms with E-state index in [4.69, 9.17) is 27.9 Å². The first-order valence-corrected chi connectivity index (χ1v) is 12.2. The highest BCUT2D eigenvalue weighted by molar-refractivity contribution is 14.1. The molecule has 0 aliphatic carbocycles. The second kappa shape index (κ2) is 10.3. The van der Waals surface area contributed by atoms with Gasteiger partial charge in [0.05, 0.1) is 17.0 Å². The van der Waals surface area contributed by atoms with Gasteiger partial charge in [-0.2, -0.15) is 0 Å². The zero-order chi connectivity index (χ0) is 23.5. The van der Waals surface area contributed by atoms with Gasteiger partial charge >= 0.3 is 5.97 Å². The van der Waals surface area contributed by atoms with Crippen LogP contribution < -0.4 is 4.74 Å². The Hall–Kier alpha value is -2.33. The van der Waals surface area contributed by atoms with Crippen LogP contribution in [0.4, 0.5) is 4.79 Å². The van der Waals surface area contributed by atoms with E-state index in [9.17, 15) is 14.4 Å². The van der Waals surface area contributed by atoms with Crippen molar-refractivity contribution in [2.75, 3.05) is 0 Å². The Bertz CT molecular complexity index is 1290. The molecule has 0 N–H and O–H groups in total. The van der Waals surface area contributed by atoms with Crippen molar-refractivity contribution in [2.45, 2.75) is 6.54 Å².